The number of nitrogens with zero attached hydrogens (tertiary/aromatic N) is 3. The fourth-order valence-corrected chi connectivity index (χ4v) is 5.66. The van der Waals surface area contributed by atoms with Crippen molar-refractivity contribution in [3.63, 3.8) is 0 Å². The van der Waals surface area contributed by atoms with Crippen molar-refractivity contribution < 1.29 is 22.7 Å². The number of aromatic nitrogens is 3. The van der Waals surface area contributed by atoms with Crippen LogP contribution in [0.4, 0.5) is 0 Å². The number of hydrogen-bond acceptors (Lipinski definition) is 6. The van der Waals surface area contributed by atoms with Gasteiger partial charge in [-0.05, 0) is 36.8 Å². The van der Waals surface area contributed by atoms with Gasteiger partial charge >= 0.3 is 5.97 Å². The third kappa shape index (κ3) is 4.20. The van der Waals surface area contributed by atoms with E-state index in [9.17, 15) is 13.2 Å². The standard InChI is InChI=1S/C24H26N4O5S/c1-2-9-28-22-8-7-18(34(30,31)27-10-12-32-13-11-27)15-20(22)26-23(28)16-33-24(29)21-14-17-5-3-4-6-19(17)25-21/h3-8,14-15,25H,2,9-13,16H2,1H3. The Kier molecular flexibility index (Phi) is 6.11. The number of fused-ring (bicyclic) bond motifs is 2. The number of esters is 1. The van der Waals surface area contributed by atoms with Crippen LogP contribution >= 0.6 is 0 Å². The van der Waals surface area contributed by atoms with Gasteiger partial charge in [-0.3, -0.25) is 0 Å². The van der Waals surface area contributed by atoms with Crippen molar-refractivity contribution in [2.75, 3.05) is 26.3 Å². The molecular weight excluding hydrogens is 456 g/mol. The van der Waals surface area contributed by atoms with Gasteiger partial charge in [0.05, 0.1) is 29.1 Å². The van der Waals surface area contributed by atoms with E-state index in [0.29, 0.717) is 49.9 Å². The fraction of sp³-hybridized carbons (Fsp3) is 0.333. The Bertz CT molecular complexity index is 1420. The van der Waals surface area contributed by atoms with E-state index in [0.717, 1.165) is 22.8 Å². The molecule has 1 fully saturated rings. The normalized spacial score (nSPS) is 15.2. The molecule has 1 aliphatic heterocycles. The molecule has 0 atom stereocenters. The van der Waals surface area contributed by atoms with E-state index >= 15 is 0 Å². The second kappa shape index (κ2) is 9.21. The van der Waals surface area contributed by atoms with Crippen LogP contribution in [0.1, 0.15) is 29.7 Å². The molecule has 1 saturated heterocycles. The Balaban J connectivity index is 1.41. The van der Waals surface area contributed by atoms with E-state index in [1.165, 1.54) is 4.31 Å². The number of morpholine rings is 1. The first-order valence-electron chi connectivity index (χ1n) is 11.3. The molecule has 0 unspecified atom stereocenters. The zero-order chi connectivity index (χ0) is 23.7. The predicted octanol–water partition coefficient (Wildman–Crippen LogP) is 3.31. The number of rotatable bonds is 7. The Morgan fingerprint density at radius 1 is 1.15 bits per heavy atom. The van der Waals surface area contributed by atoms with Crippen LogP contribution < -0.4 is 0 Å². The summed E-state index contributed by atoms with van der Waals surface area (Å²) >= 11 is 0. The lowest BCUT2D eigenvalue weighted by molar-refractivity contribution is 0.0452. The fourth-order valence-electron chi connectivity index (χ4n) is 4.23. The minimum absolute atomic E-state index is 0.0194. The number of para-hydroxylation sites is 1. The van der Waals surface area contributed by atoms with Gasteiger partial charge in [-0.2, -0.15) is 4.31 Å². The Labute approximate surface area is 197 Å². The molecule has 10 heteroatoms. The average Bonchev–Trinajstić information content (AvgIpc) is 3.44. The number of sulfonamides is 1. The SMILES string of the molecule is CCCn1c(COC(=O)c2cc3ccccc3[nH]2)nc2cc(S(=O)(=O)N3CCOCC3)ccc21. The molecule has 0 aliphatic carbocycles. The minimum Gasteiger partial charge on any atom is -0.453 e. The molecule has 1 aliphatic rings. The van der Waals surface area contributed by atoms with Gasteiger partial charge in [-0.1, -0.05) is 25.1 Å². The smallest absolute Gasteiger partial charge is 0.355 e. The first-order valence-corrected chi connectivity index (χ1v) is 12.7. The van der Waals surface area contributed by atoms with Crippen molar-refractivity contribution in [1.29, 1.82) is 0 Å². The largest absolute Gasteiger partial charge is 0.453 e. The summed E-state index contributed by atoms with van der Waals surface area (Å²) in [5, 5.41) is 0.932. The monoisotopic (exact) mass is 482 g/mol. The van der Waals surface area contributed by atoms with Crippen molar-refractivity contribution in [3.8, 4) is 0 Å². The third-order valence-electron chi connectivity index (χ3n) is 5.94. The number of carbonyl (C=O) groups is 1. The Morgan fingerprint density at radius 3 is 2.71 bits per heavy atom. The molecule has 4 aromatic rings. The molecule has 0 bridgehead atoms. The molecule has 0 spiro atoms. The quantitative estimate of drug-likeness (QED) is 0.405. The first kappa shape index (κ1) is 22.6. The second-order valence-electron chi connectivity index (χ2n) is 8.19. The predicted molar refractivity (Wildman–Crippen MR) is 127 cm³/mol. The summed E-state index contributed by atoms with van der Waals surface area (Å²) in [6.07, 6.45) is 0.849. The summed E-state index contributed by atoms with van der Waals surface area (Å²) in [7, 11) is -3.63. The number of imidazole rings is 1. The molecule has 178 valence electrons. The summed E-state index contributed by atoms with van der Waals surface area (Å²) in [5.74, 6) is 0.101. The van der Waals surface area contributed by atoms with E-state index in [1.807, 2.05) is 35.8 Å². The van der Waals surface area contributed by atoms with E-state index in [4.69, 9.17) is 9.47 Å². The molecule has 34 heavy (non-hydrogen) atoms. The topological polar surface area (TPSA) is 107 Å². The summed E-state index contributed by atoms with van der Waals surface area (Å²) in [6, 6.07) is 14.4. The van der Waals surface area contributed by atoms with Crippen molar-refractivity contribution in [3.05, 3.63) is 60.0 Å². The number of aromatic amines is 1. The molecule has 0 amide bonds. The number of carbonyl (C=O) groups excluding carboxylic acids is 1. The third-order valence-corrected chi connectivity index (χ3v) is 7.83. The number of benzene rings is 2. The minimum atomic E-state index is -3.63. The van der Waals surface area contributed by atoms with E-state index in [1.54, 1.807) is 24.3 Å². The lowest BCUT2D eigenvalue weighted by atomic mass is 10.2. The van der Waals surface area contributed by atoms with Crippen LogP contribution in [0.25, 0.3) is 21.9 Å². The highest BCUT2D eigenvalue weighted by Gasteiger charge is 2.27. The van der Waals surface area contributed by atoms with Crippen molar-refractivity contribution in [2.24, 2.45) is 0 Å². The highest BCUT2D eigenvalue weighted by Crippen LogP contribution is 2.24. The van der Waals surface area contributed by atoms with Crippen LogP contribution in [0.2, 0.25) is 0 Å². The average molecular weight is 483 g/mol. The van der Waals surface area contributed by atoms with E-state index < -0.39 is 16.0 Å². The van der Waals surface area contributed by atoms with Crippen molar-refractivity contribution in [2.45, 2.75) is 31.4 Å². The summed E-state index contributed by atoms with van der Waals surface area (Å²) in [6.45, 7) is 4.14. The summed E-state index contributed by atoms with van der Waals surface area (Å²) in [4.78, 5) is 20.5. The zero-order valence-corrected chi connectivity index (χ0v) is 19.7. The van der Waals surface area contributed by atoms with Crippen LogP contribution in [0.15, 0.2) is 53.4 Å². The van der Waals surface area contributed by atoms with E-state index in [-0.39, 0.29) is 11.5 Å². The molecule has 2 aromatic heterocycles. The summed E-state index contributed by atoms with van der Waals surface area (Å²) < 4.78 is 40.4. The van der Waals surface area contributed by atoms with Gasteiger partial charge in [0.2, 0.25) is 10.0 Å². The van der Waals surface area contributed by atoms with Crippen LogP contribution in [0.3, 0.4) is 0 Å². The van der Waals surface area contributed by atoms with Gasteiger partial charge < -0.3 is 19.0 Å². The maximum absolute atomic E-state index is 13.1. The van der Waals surface area contributed by atoms with Gasteiger partial charge in [-0.15, -0.1) is 0 Å². The molecular formula is C24H26N4O5S. The molecule has 3 heterocycles. The number of ether oxygens (including phenoxy) is 2. The highest BCUT2D eigenvalue weighted by atomic mass is 32.2. The lowest BCUT2D eigenvalue weighted by Crippen LogP contribution is -2.40. The maximum Gasteiger partial charge on any atom is 0.355 e. The van der Waals surface area contributed by atoms with Crippen molar-refractivity contribution in [1.82, 2.24) is 18.8 Å². The maximum atomic E-state index is 13.1. The van der Waals surface area contributed by atoms with Gasteiger partial charge in [0, 0.05) is 30.5 Å². The van der Waals surface area contributed by atoms with Crippen molar-refractivity contribution >= 4 is 37.9 Å². The zero-order valence-electron chi connectivity index (χ0n) is 18.9. The first-order chi connectivity index (χ1) is 16.5. The molecule has 5 rings (SSSR count). The number of hydrogen-bond donors (Lipinski definition) is 1. The molecule has 0 radical (unpaired) electrons. The molecule has 0 saturated carbocycles. The molecule has 1 N–H and O–H groups in total. The van der Waals surface area contributed by atoms with Crippen LogP contribution in [0.5, 0.6) is 0 Å². The second-order valence-corrected chi connectivity index (χ2v) is 10.1. The van der Waals surface area contributed by atoms with Gasteiger partial charge in [-0.25, -0.2) is 18.2 Å². The van der Waals surface area contributed by atoms with Gasteiger partial charge in [0.1, 0.15) is 18.1 Å². The van der Waals surface area contributed by atoms with Crippen LogP contribution in [-0.2, 0) is 32.6 Å². The molecule has 9 nitrogen and oxygen atoms in total. The lowest BCUT2D eigenvalue weighted by Gasteiger charge is -2.26. The van der Waals surface area contributed by atoms with Gasteiger partial charge in [0.25, 0.3) is 0 Å². The van der Waals surface area contributed by atoms with Crippen LogP contribution in [0, 0.1) is 0 Å². The Hall–Kier alpha value is -3.21. The van der Waals surface area contributed by atoms with E-state index in [2.05, 4.69) is 9.97 Å². The molecule has 2 aromatic carbocycles. The Morgan fingerprint density at radius 2 is 1.94 bits per heavy atom. The van der Waals surface area contributed by atoms with Crippen LogP contribution in [-0.4, -0.2) is 59.5 Å². The number of nitrogens with one attached hydrogen (secondary N) is 1. The number of aryl methyl sites for hydroxylation is 1. The summed E-state index contributed by atoms with van der Waals surface area (Å²) in [5.41, 5.74) is 2.60. The number of H-pyrrole nitrogens is 1. The van der Waals surface area contributed by atoms with Gasteiger partial charge in [0.15, 0.2) is 0 Å². The highest BCUT2D eigenvalue weighted by molar-refractivity contribution is 7.89.